The van der Waals surface area contributed by atoms with E-state index in [9.17, 15) is 9.59 Å². The summed E-state index contributed by atoms with van der Waals surface area (Å²) in [7, 11) is 0. The van der Waals surface area contributed by atoms with Gasteiger partial charge in [-0.15, -0.1) is 0 Å². The Morgan fingerprint density at radius 2 is 1.18 bits per heavy atom. The SMILES string of the molecule is CCc1ccc(OCC(=O)N2CCCN(C(=O)COc3ccc(CC)cc3Br)CC2)c(Br)c1. The lowest BCUT2D eigenvalue weighted by molar-refractivity contribution is -0.135. The molecular formula is C25H30Br2N2O4. The van der Waals surface area contributed by atoms with Gasteiger partial charge < -0.3 is 19.3 Å². The second-order valence-corrected chi connectivity index (χ2v) is 9.64. The first-order valence-electron chi connectivity index (χ1n) is 11.3. The van der Waals surface area contributed by atoms with Crippen molar-refractivity contribution in [3.8, 4) is 11.5 Å². The number of amides is 2. The molecule has 0 unspecified atom stereocenters. The summed E-state index contributed by atoms with van der Waals surface area (Å²) in [5.74, 6) is 1.16. The van der Waals surface area contributed by atoms with E-state index >= 15 is 0 Å². The number of ether oxygens (including phenoxy) is 2. The molecule has 0 spiro atoms. The minimum absolute atomic E-state index is 0.0249. The van der Waals surface area contributed by atoms with Gasteiger partial charge in [0.25, 0.3) is 11.8 Å². The van der Waals surface area contributed by atoms with Crippen LogP contribution in [0.25, 0.3) is 0 Å². The van der Waals surface area contributed by atoms with E-state index in [2.05, 4.69) is 45.7 Å². The maximum Gasteiger partial charge on any atom is 0.260 e. The first-order valence-corrected chi connectivity index (χ1v) is 12.9. The lowest BCUT2D eigenvalue weighted by Crippen LogP contribution is -2.40. The van der Waals surface area contributed by atoms with E-state index in [-0.39, 0.29) is 25.0 Å². The maximum absolute atomic E-state index is 12.7. The second kappa shape index (κ2) is 12.4. The number of hydrogen-bond acceptors (Lipinski definition) is 4. The minimum Gasteiger partial charge on any atom is -0.483 e. The van der Waals surface area contributed by atoms with Crippen molar-refractivity contribution >= 4 is 43.7 Å². The number of hydrogen-bond donors (Lipinski definition) is 0. The molecule has 0 radical (unpaired) electrons. The summed E-state index contributed by atoms with van der Waals surface area (Å²) in [4.78, 5) is 28.9. The lowest BCUT2D eigenvalue weighted by Gasteiger charge is -2.22. The van der Waals surface area contributed by atoms with Crippen LogP contribution >= 0.6 is 31.9 Å². The molecule has 0 atom stereocenters. The molecular weight excluding hydrogens is 552 g/mol. The minimum atomic E-state index is -0.0769. The van der Waals surface area contributed by atoms with Gasteiger partial charge in [0.05, 0.1) is 8.95 Å². The average molecular weight is 582 g/mol. The van der Waals surface area contributed by atoms with Crippen molar-refractivity contribution in [1.29, 1.82) is 0 Å². The zero-order valence-electron chi connectivity index (χ0n) is 19.1. The quantitative estimate of drug-likeness (QED) is 0.447. The molecule has 1 fully saturated rings. The third-order valence-electron chi connectivity index (χ3n) is 5.71. The number of carbonyl (C=O) groups is 2. The van der Waals surface area contributed by atoms with Crippen LogP contribution < -0.4 is 9.47 Å². The molecule has 1 heterocycles. The summed E-state index contributed by atoms with van der Waals surface area (Å²) in [5, 5.41) is 0. The molecule has 0 N–H and O–H groups in total. The van der Waals surface area contributed by atoms with Crippen LogP contribution in [0.15, 0.2) is 45.3 Å². The number of rotatable bonds is 8. The number of aryl methyl sites for hydroxylation is 2. The van der Waals surface area contributed by atoms with Crippen molar-refractivity contribution in [2.45, 2.75) is 33.1 Å². The molecule has 2 amide bonds. The molecule has 178 valence electrons. The highest BCUT2D eigenvalue weighted by molar-refractivity contribution is 9.10. The van der Waals surface area contributed by atoms with Gasteiger partial charge in [-0.1, -0.05) is 26.0 Å². The summed E-state index contributed by atoms with van der Waals surface area (Å²) < 4.78 is 13.2. The van der Waals surface area contributed by atoms with Crippen LogP contribution in [0.2, 0.25) is 0 Å². The summed E-state index contributed by atoms with van der Waals surface area (Å²) >= 11 is 7.01. The van der Waals surface area contributed by atoms with E-state index < -0.39 is 0 Å². The predicted molar refractivity (Wildman–Crippen MR) is 136 cm³/mol. The van der Waals surface area contributed by atoms with Crippen molar-refractivity contribution in [3.63, 3.8) is 0 Å². The van der Waals surface area contributed by atoms with E-state index in [1.807, 2.05) is 36.4 Å². The summed E-state index contributed by atoms with van der Waals surface area (Å²) in [5.41, 5.74) is 2.40. The smallest absolute Gasteiger partial charge is 0.260 e. The van der Waals surface area contributed by atoms with E-state index in [0.29, 0.717) is 37.7 Å². The molecule has 2 aromatic carbocycles. The summed E-state index contributed by atoms with van der Waals surface area (Å²) in [6.45, 7) is 6.31. The van der Waals surface area contributed by atoms with Crippen LogP contribution in [-0.4, -0.2) is 61.0 Å². The summed E-state index contributed by atoms with van der Waals surface area (Å²) in [6, 6.07) is 11.8. The van der Waals surface area contributed by atoms with Crippen molar-refractivity contribution in [2.24, 2.45) is 0 Å². The summed E-state index contributed by atoms with van der Waals surface area (Å²) in [6.07, 6.45) is 2.60. The van der Waals surface area contributed by atoms with Crippen molar-refractivity contribution in [2.75, 3.05) is 39.4 Å². The lowest BCUT2D eigenvalue weighted by atomic mass is 10.2. The van der Waals surface area contributed by atoms with Gasteiger partial charge in [0.1, 0.15) is 11.5 Å². The van der Waals surface area contributed by atoms with Crippen molar-refractivity contribution in [3.05, 3.63) is 56.5 Å². The van der Waals surface area contributed by atoms with Crippen LogP contribution in [-0.2, 0) is 22.4 Å². The third kappa shape index (κ3) is 7.21. The normalized spacial score (nSPS) is 14.1. The van der Waals surface area contributed by atoms with Crippen molar-refractivity contribution < 1.29 is 19.1 Å². The van der Waals surface area contributed by atoms with Crippen LogP contribution in [0, 0.1) is 0 Å². The number of benzene rings is 2. The largest absolute Gasteiger partial charge is 0.483 e. The molecule has 1 aliphatic rings. The Balaban J connectivity index is 1.47. The zero-order valence-corrected chi connectivity index (χ0v) is 22.3. The number of nitrogens with zero attached hydrogens (tertiary/aromatic N) is 2. The average Bonchev–Trinajstić information content (AvgIpc) is 3.08. The highest BCUT2D eigenvalue weighted by atomic mass is 79.9. The molecule has 0 aromatic heterocycles. The molecule has 33 heavy (non-hydrogen) atoms. The fourth-order valence-corrected chi connectivity index (χ4v) is 4.72. The van der Waals surface area contributed by atoms with Crippen LogP contribution in [0.3, 0.4) is 0 Å². The highest BCUT2D eigenvalue weighted by Gasteiger charge is 2.23. The second-order valence-electron chi connectivity index (χ2n) is 7.93. The Bertz CT molecular complexity index is 905. The first-order chi connectivity index (χ1) is 15.9. The molecule has 0 saturated carbocycles. The van der Waals surface area contributed by atoms with Gasteiger partial charge in [0, 0.05) is 26.2 Å². The molecule has 3 rings (SSSR count). The van der Waals surface area contributed by atoms with Crippen LogP contribution in [0.4, 0.5) is 0 Å². The monoisotopic (exact) mass is 580 g/mol. The molecule has 6 nitrogen and oxygen atoms in total. The third-order valence-corrected chi connectivity index (χ3v) is 6.95. The van der Waals surface area contributed by atoms with Crippen LogP contribution in [0.1, 0.15) is 31.4 Å². The molecule has 8 heteroatoms. The molecule has 1 saturated heterocycles. The standard InChI is InChI=1S/C25H30Br2N2O4/c1-3-18-6-8-22(20(26)14-18)32-16-24(30)28-10-5-11-29(13-12-28)25(31)17-33-23-9-7-19(4-2)15-21(23)27/h6-9,14-15H,3-5,10-13,16-17H2,1-2H3. The van der Waals surface area contributed by atoms with E-state index in [1.165, 1.54) is 11.1 Å². The van der Waals surface area contributed by atoms with Gasteiger partial charge in [-0.3, -0.25) is 9.59 Å². The Kier molecular flexibility index (Phi) is 9.62. The Hall–Kier alpha value is -2.06. The van der Waals surface area contributed by atoms with E-state index in [0.717, 1.165) is 28.2 Å². The fourth-order valence-electron chi connectivity index (χ4n) is 3.64. The highest BCUT2D eigenvalue weighted by Crippen LogP contribution is 2.27. The zero-order chi connectivity index (χ0) is 23.8. The Labute approximate surface area is 212 Å². The maximum atomic E-state index is 12.7. The fraction of sp³-hybridized carbons (Fsp3) is 0.440. The van der Waals surface area contributed by atoms with E-state index in [4.69, 9.17) is 9.47 Å². The Morgan fingerprint density at radius 1 is 0.758 bits per heavy atom. The number of halogens is 2. The number of carbonyl (C=O) groups excluding carboxylic acids is 2. The van der Waals surface area contributed by atoms with Gasteiger partial charge >= 0.3 is 0 Å². The topological polar surface area (TPSA) is 59.1 Å². The van der Waals surface area contributed by atoms with Gasteiger partial charge in [-0.2, -0.15) is 0 Å². The molecule has 0 aliphatic carbocycles. The molecule has 2 aromatic rings. The van der Waals surface area contributed by atoms with Gasteiger partial charge in [0.2, 0.25) is 0 Å². The van der Waals surface area contributed by atoms with Gasteiger partial charge in [-0.25, -0.2) is 0 Å². The first kappa shape index (κ1) is 25.6. The Morgan fingerprint density at radius 3 is 1.55 bits per heavy atom. The van der Waals surface area contributed by atoms with Crippen LogP contribution in [0.5, 0.6) is 11.5 Å². The predicted octanol–water partition coefficient (Wildman–Crippen LogP) is 4.86. The molecule has 1 aliphatic heterocycles. The van der Waals surface area contributed by atoms with Gasteiger partial charge in [-0.05, 0) is 86.5 Å². The van der Waals surface area contributed by atoms with E-state index in [1.54, 1.807) is 9.80 Å². The molecule has 0 bridgehead atoms. The van der Waals surface area contributed by atoms with Crippen molar-refractivity contribution in [1.82, 2.24) is 9.80 Å². The van der Waals surface area contributed by atoms with Gasteiger partial charge in [0.15, 0.2) is 13.2 Å².